The van der Waals surface area contributed by atoms with Crippen molar-refractivity contribution in [1.82, 2.24) is 15.0 Å². The Bertz CT molecular complexity index is 942. The van der Waals surface area contributed by atoms with Gasteiger partial charge in [0.15, 0.2) is 0 Å². The molecule has 0 radical (unpaired) electrons. The summed E-state index contributed by atoms with van der Waals surface area (Å²) in [6.07, 6.45) is 2.19. The van der Waals surface area contributed by atoms with Gasteiger partial charge in [0.25, 0.3) is 5.89 Å². The molecule has 144 valence electrons. The van der Waals surface area contributed by atoms with Gasteiger partial charge in [0.1, 0.15) is 0 Å². The minimum atomic E-state index is -0.709. The number of aryl methyl sites for hydroxylation is 1. The van der Waals surface area contributed by atoms with Gasteiger partial charge in [0, 0.05) is 30.8 Å². The Morgan fingerprint density at radius 1 is 1.07 bits per heavy atom. The number of hydrogen-bond acceptors (Lipinski definition) is 5. The lowest BCUT2D eigenvalue weighted by Gasteiger charge is -2.36. The third-order valence-electron chi connectivity index (χ3n) is 5.09. The molecule has 1 aliphatic heterocycles. The Kier molecular flexibility index (Phi) is 5.21. The molecule has 3 aromatic rings. The van der Waals surface area contributed by atoms with Crippen LogP contribution in [0.5, 0.6) is 0 Å². The van der Waals surface area contributed by atoms with Crippen LogP contribution in [0.15, 0.2) is 53.1 Å². The van der Waals surface area contributed by atoms with Crippen molar-refractivity contribution in [2.75, 3.05) is 13.1 Å². The van der Waals surface area contributed by atoms with Gasteiger partial charge in [0.2, 0.25) is 5.82 Å². The van der Waals surface area contributed by atoms with Crippen molar-refractivity contribution in [2.24, 2.45) is 5.92 Å². The smallest absolute Gasteiger partial charge is 0.309 e. The number of aromatic nitrogens is 2. The van der Waals surface area contributed by atoms with Crippen LogP contribution in [0.4, 0.5) is 0 Å². The second-order valence-corrected chi connectivity index (χ2v) is 7.30. The summed E-state index contributed by atoms with van der Waals surface area (Å²) in [5.74, 6) is 0.143. The molecule has 1 aliphatic rings. The van der Waals surface area contributed by atoms with E-state index >= 15 is 0 Å². The maximum Gasteiger partial charge on any atom is 0.309 e. The van der Waals surface area contributed by atoms with Gasteiger partial charge < -0.3 is 9.63 Å². The summed E-state index contributed by atoms with van der Waals surface area (Å²) in [6, 6.07) is 16.2. The number of nitrogens with zero attached hydrogens (tertiary/aromatic N) is 3. The van der Waals surface area contributed by atoms with Gasteiger partial charge in [-0.05, 0) is 29.7 Å². The van der Waals surface area contributed by atoms with Crippen LogP contribution in [0.1, 0.15) is 24.5 Å². The average Bonchev–Trinajstić information content (AvgIpc) is 3.15. The molecule has 6 nitrogen and oxygen atoms in total. The minimum Gasteiger partial charge on any atom is -0.481 e. The van der Waals surface area contributed by atoms with E-state index in [1.165, 1.54) is 5.56 Å². The van der Waals surface area contributed by atoms with Crippen molar-refractivity contribution in [1.29, 1.82) is 0 Å². The van der Waals surface area contributed by atoms with Crippen molar-refractivity contribution in [3.8, 4) is 22.8 Å². The number of aliphatic carboxylic acids is 1. The zero-order valence-corrected chi connectivity index (χ0v) is 15.8. The van der Waals surface area contributed by atoms with Gasteiger partial charge in [-0.2, -0.15) is 4.98 Å². The highest BCUT2D eigenvalue weighted by Crippen LogP contribution is 2.24. The van der Waals surface area contributed by atoms with Crippen LogP contribution in [-0.4, -0.2) is 39.2 Å². The van der Waals surface area contributed by atoms with E-state index in [0.717, 1.165) is 36.1 Å². The molecule has 6 heteroatoms. The van der Waals surface area contributed by atoms with E-state index in [2.05, 4.69) is 34.1 Å². The predicted molar refractivity (Wildman–Crippen MR) is 106 cm³/mol. The topological polar surface area (TPSA) is 79.5 Å². The molecule has 0 aliphatic carbocycles. The largest absolute Gasteiger partial charge is 0.481 e. The molecule has 1 N–H and O–H groups in total. The normalized spacial score (nSPS) is 14.8. The van der Waals surface area contributed by atoms with E-state index in [4.69, 9.17) is 9.63 Å². The Morgan fingerprint density at radius 3 is 2.36 bits per heavy atom. The first-order chi connectivity index (χ1) is 13.6. The van der Waals surface area contributed by atoms with Crippen LogP contribution in [0.25, 0.3) is 22.8 Å². The molecule has 0 bridgehead atoms. The van der Waals surface area contributed by atoms with Crippen molar-refractivity contribution >= 4 is 5.97 Å². The van der Waals surface area contributed by atoms with Gasteiger partial charge in [-0.3, -0.25) is 9.69 Å². The lowest BCUT2D eigenvalue weighted by molar-refractivity contribution is -0.147. The molecule has 0 unspecified atom stereocenters. The quantitative estimate of drug-likeness (QED) is 0.673. The number of carboxylic acid groups (broad SMARTS) is 1. The number of likely N-dealkylation sites (tertiary alicyclic amines) is 1. The first kappa shape index (κ1) is 18.4. The summed E-state index contributed by atoms with van der Waals surface area (Å²) in [6.45, 7) is 4.15. The fourth-order valence-electron chi connectivity index (χ4n) is 3.43. The molecule has 1 saturated heterocycles. The summed E-state index contributed by atoms with van der Waals surface area (Å²) in [5, 5.41) is 13.1. The molecule has 1 aromatic heterocycles. The van der Waals surface area contributed by atoms with Crippen LogP contribution in [-0.2, 0) is 17.8 Å². The Morgan fingerprint density at radius 2 is 1.71 bits per heavy atom. The summed E-state index contributed by atoms with van der Waals surface area (Å²) < 4.78 is 5.44. The fraction of sp³-hybridized carbons (Fsp3) is 0.318. The molecule has 0 spiro atoms. The molecule has 28 heavy (non-hydrogen) atoms. The van der Waals surface area contributed by atoms with Crippen molar-refractivity contribution in [3.63, 3.8) is 0 Å². The molecule has 0 amide bonds. The second kappa shape index (κ2) is 7.94. The van der Waals surface area contributed by atoms with Crippen LogP contribution in [0.3, 0.4) is 0 Å². The van der Waals surface area contributed by atoms with E-state index in [-0.39, 0.29) is 5.92 Å². The van der Waals surface area contributed by atoms with Crippen molar-refractivity contribution in [2.45, 2.75) is 26.3 Å². The predicted octanol–water partition coefficient (Wildman–Crippen LogP) is 3.87. The SMILES string of the molecule is CCCc1ccc(-c2nc(-c3ccc(CN4CC(C(=O)O)C4)cc3)no2)cc1. The Labute approximate surface area is 163 Å². The number of carbonyl (C=O) groups is 1. The average molecular weight is 377 g/mol. The lowest BCUT2D eigenvalue weighted by atomic mass is 9.99. The summed E-state index contributed by atoms with van der Waals surface area (Å²) in [4.78, 5) is 17.5. The monoisotopic (exact) mass is 377 g/mol. The number of rotatable bonds is 7. The van der Waals surface area contributed by atoms with E-state index in [0.29, 0.717) is 24.8 Å². The summed E-state index contributed by atoms with van der Waals surface area (Å²) in [7, 11) is 0. The molecule has 4 rings (SSSR count). The van der Waals surface area contributed by atoms with Gasteiger partial charge >= 0.3 is 5.97 Å². The molecular weight excluding hydrogens is 354 g/mol. The number of benzene rings is 2. The lowest BCUT2D eigenvalue weighted by Crippen LogP contribution is -2.49. The molecular formula is C22H23N3O3. The maximum atomic E-state index is 10.9. The van der Waals surface area contributed by atoms with Gasteiger partial charge in [-0.15, -0.1) is 0 Å². The minimum absolute atomic E-state index is 0.229. The fourth-order valence-corrected chi connectivity index (χ4v) is 3.43. The van der Waals surface area contributed by atoms with Gasteiger partial charge in [0.05, 0.1) is 5.92 Å². The maximum absolute atomic E-state index is 10.9. The van der Waals surface area contributed by atoms with E-state index in [1.54, 1.807) is 0 Å². The molecule has 1 fully saturated rings. The zero-order chi connectivity index (χ0) is 19.5. The van der Waals surface area contributed by atoms with E-state index in [9.17, 15) is 4.79 Å². The first-order valence-electron chi connectivity index (χ1n) is 9.60. The van der Waals surface area contributed by atoms with E-state index in [1.807, 2.05) is 36.4 Å². The van der Waals surface area contributed by atoms with Gasteiger partial charge in [-0.1, -0.05) is 54.9 Å². The third kappa shape index (κ3) is 3.97. The van der Waals surface area contributed by atoms with Crippen LogP contribution in [0, 0.1) is 5.92 Å². The molecule has 0 saturated carbocycles. The molecule has 2 aromatic carbocycles. The van der Waals surface area contributed by atoms with Crippen LogP contribution in [0.2, 0.25) is 0 Å². The highest BCUT2D eigenvalue weighted by Gasteiger charge is 2.32. The van der Waals surface area contributed by atoms with Crippen LogP contribution < -0.4 is 0 Å². The standard InChI is InChI=1S/C22H23N3O3/c1-2-3-15-4-10-18(11-5-15)21-23-20(24-28-21)17-8-6-16(7-9-17)12-25-13-19(14-25)22(26)27/h4-11,19H,2-3,12-14H2,1H3,(H,26,27). The molecule has 0 atom stereocenters. The number of carboxylic acids is 1. The van der Waals surface area contributed by atoms with E-state index < -0.39 is 5.97 Å². The summed E-state index contributed by atoms with van der Waals surface area (Å²) >= 11 is 0. The second-order valence-electron chi connectivity index (χ2n) is 7.30. The number of hydrogen-bond donors (Lipinski definition) is 1. The molecule has 2 heterocycles. The third-order valence-corrected chi connectivity index (χ3v) is 5.09. The highest BCUT2D eigenvalue weighted by molar-refractivity contribution is 5.71. The zero-order valence-electron chi connectivity index (χ0n) is 15.8. The van der Waals surface area contributed by atoms with Crippen LogP contribution >= 0.6 is 0 Å². The van der Waals surface area contributed by atoms with Gasteiger partial charge in [-0.25, -0.2) is 0 Å². The van der Waals surface area contributed by atoms with Crippen molar-refractivity contribution < 1.29 is 14.4 Å². The van der Waals surface area contributed by atoms with Crippen molar-refractivity contribution in [3.05, 3.63) is 59.7 Å². The highest BCUT2D eigenvalue weighted by atomic mass is 16.5. The first-order valence-corrected chi connectivity index (χ1v) is 9.60. The Hall–Kier alpha value is -2.99. The Balaban J connectivity index is 1.40. The summed E-state index contributed by atoms with van der Waals surface area (Å²) in [5.41, 5.74) is 4.26.